The number of rotatable bonds is 11. The van der Waals surface area contributed by atoms with E-state index in [0.29, 0.717) is 31.0 Å². The molecule has 238 valence electrons. The van der Waals surface area contributed by atoms with Gasteiger partial charge in [-0.05, 0) is 67.7 Å². The lowest BCUT2D eigenvalue weighted by molar-refractivity contribution is -0.135. The van der Waals surface area contributed by atoms with Crippen molar-refractivity contribution in [3.63, 3.8) is 0 Å². The number of ether oxygens (including phenoxy) is 2. The fraction of sp³-hybridized carbons (Fsp3) is 0.486. The van der Waals surface area contributed by atoms with Gasteiger partial charge in [-0.3, -0.25) is 19.2 Å². The van der Waals surface area contributed by atoms with Crippen molar-refractivity contribution in [2.24, 2.45) is 17.8 Å². The molecule has 3 amide bonds. The first-order valence-electron chi connectivity index (χ1n) is 16.1. The number of methoxy groups -OCH3 is 1. The van der Waals surface area contributed by atoms with Gasteiger partial charge in [0, 0.05) is 29.9 Å². The summed E-state index contributed by atoms with van der Waals surface area (Å²) in [6, 6.07) is 15.3. The number of aromatic amines is 1. The van der Waals surface area contributed by atoms with Gasteiger partial charge in [0.2, 0.25) is 11.8 Å². The predicted molar refractivity (Wildman–Crippen MR) is 169 cm³/mol. The van der Waals surface area contributed by atoms with Gasteiger partial charge in [0.15, 0.2) is 5.78 Å². The summed E-state index contributed by atoms with van der Waals surface area (Å²) in [6.45, 7) is 1.17. The molecule has 3 aromatic rings. The van der Waals surface area contributed by atoms with E-state index in [0.717, 1.165) is 48.6 Å². The number of likely N-dealkylation sites (tertiary alicyclic amines) is 1. The number of ketones is 1. The Labute approximate surface area is 263 Å². The van der Waals surface area contributed by atoms with Crippen molar-refractivity contribution in [1.82, 2.24) is 20.5 Å². The minimum atomic E-state index is -0.904. The molecule has 1 aliphatic carbocycles. The molecule has 5 atom stereocenters. The van der Waals surface area contributed by atoms with E-state index >= 15 is 0 Å². The molecule has 0 radical (unpaired) electrons. The summed E-state index contributed by atoms with van der Waals surface area (Å²) >= 11 is 0. The maximum absolute atomic E-state index is 14.2. The summed E-state index contributed by atoms with van der Waals surface area (Å²) in [6.07, 6.45) is 5.53. The van der Waals surface area contributed by atoms with E-state index in [1.165, 1.54) is 0 Å². The van der Waals surface area contributed by atoms with Crippen LogP contribution in [0.3, 0.4) is 0 Å². The largest absolute Gasteiger partial charge is 0.496 e. The highest BCUT2D eigenvalue weighted by molar-refractivity contribution is 6.02. The third-order valence-electron chi connectivity index (χ3n) is 9.72. The Balaban J connectivity index is 1.22. The highest BCUT2D eigenvalue weighted by Gasteiger charge is 2.49. The molecular weight excluding hydrogens is 572 g/mol. The number of fused-ring (bicyclic) bond motifs is 2. The molecule has 2 aliphatic heterocycles. The molecule has 3 heterocycles. The summed E-state index contributed by atoms with van der Waals surface area (Å²) in [5, 5.41) is 6.70. The van der Waals surface area contributed by atoms with Crippen LogP contribution < -0.4 is 15.4 Å². The number of aromatic nitrogens is 1. The number of hydrogen-bond acceptors (Lipinski definition) is 6. The van der Waals surface area contributed by atoms with Crippen LogP contribution in [0, 0.1) is 17.8 Å². The molecule has 10 nitrogen and oxygen atoms in total. The zero-order valence-corrected chi connectivity index (χ0v) is 25.8. The molecular formula is C35H42N4O6. The number of carbonyl (C=O) groups excluding carboxylic acids is 4. The van der Waals surface area contributed by atoms with Gasteiger partial charge in [-0.2, -0.15) is 0 Å². The topological polar surface area (TPSA) is 130 Å². The van der Waals surface area contributed by atoms with E-state index in [9.17, 15) is 19.2 Å². The van der Waals surface area contributed by atoms with E-state index in [1.807, 2.05) is 48.5 Å². The average Bonchev–Trinajstić information content (AvgIpc) is 3.68. The van der Waals surface area contributed by atoms with Gasteiger partial charge < -0.3 is 30.0 Å². The summed E-state index contributed by atoms with van der Waals surface area (Å²) in [5.41, 5.74) is 2.12. The zero-order chi connectivity index (χ0) is 31.3. The number of hydrogen-bond donors (Lipinski definition) is 3. The van der Waals surface area contributed by atoms with Gasteiger partial charge in [-0.25, -0.2) is 0 Å². The second kappa shape index (κ2) is 13.9. The highest BCUT2D eigenvalue weighted by atomic mass is 16.5. The van der Waals surface area contributed by atoms with Crippen LogP contribution in [0.1, 0.15) is 61.0 Å². The van der Waals surface area contributed by atoms with E-state index in [2.05, 4.69) is 15.6 Å². The number of Topliss-reactive ketones (excluding diaryl/α,β-unsaturated/α-hetero) is 1. The van der Waals surface area contributed by atoms with Crippen molar-refractivity contribution in [1.29, 1.82) is 0 Å². The summed E-state index contributed by atoms with van der Waals surface area (Å²) in [5.74, 6) is -0.474. The lowest BCUT2D eigenvalue weighted by atomic mass is 9.78. The first kappa shape index (κ1) is 30.8. The summed E-state index contributed by atoms with van der Waals surface area (Å²) in [7, 11) is 1.59. The molecule has 10 heteroatoms. The fourth-order valence-corrected chi connectivity index (χ4v) is 7.41. The Morgan fingerprint density at radius 3 is 2.64 bits per heavy atom. The molecule has 3 fully saturated rings. The first-order chi connectivity index (χ1) is 21.9. The molecule has 45 heavy (non-hydrogen) atoms. The van der Waals surface area contributed by atoms with Crippen molar-refractivity contribution >= 4 is 34.4 Å². The number of amides is 3. The van der Waals surface area contributed by atoms with Crippen molar-refractivity contribution in [2.75, 3.05) is 26.8 Å². The SMILES string of the molecule is COc1cccc2[nH]c(C(=O)N3CC4CCCCC4C3C(=O)NC(CC3CCCNC3=O)C(=O)COCc3ccccc3)cc12. The van der Waals surface area contributed by atoms with Crippen molar-refractivity contribution in [3.05, 3.63) is 65.9 Å². The third kappa shape index (κ3) is 6.76. The van der Waals surface area contributed by atoms with Crippen LogP contribution in [0.5, 0.6) is 5.75 Å². The number of carbonyl (C=O) groups is 4. The normalized spacial score (nSPS) is 23.7. The lowest BCUT2D eigenvalue weighted by Crippen LogP contribution is -2.54. The van der Waals surface area contributed by atoms with E-state index in [1.54, 1.807) is 18.1 Å². The Hall–Kier alpha value is -4.18. The summed E-state index contributed by atoms with van der Waals surface area (Å²) < 4.78 is 11.2. The van der Waals surface area contributed by atoms with E-state index < -0.39 is 12.1 Å². The Morgan fingerprint density at radius 2 is 1.84 bits per heavy atom. The molecule has 3 aliphatic rings. The van der Waals surface area contributed by atoms with Gasteiger partial charge in [-0.15, -0.1) is 0 Å². The van der Waals surface area contributed by atoms with Gasteiger partial charge in [0.05, 0.1) is 19.8 Å². The molecule has 5 unspecified atom stereocenters. The zero-order valence-electron chi connectivity index (χ0n) is 25.8. The Kier molecular flexibility index (Phi) is 9.49. The summed E-state index contributed by atoms with van der Waals surface area (Å²) in [4.78, 5) is 59.4. The monoisotopic (exact) mass is 614 g/mol. The van der Waals surface area contributed by atoms with Crippen molar-refractivity contribution in [3.8, 4) is 5.75 Å². The molecule has 1 aromatic heterocycles. The highest BCUT2D eigenvalue weighted by Crippen LogP contribution is 2.41. The molecule has 6 rings (SSSR count). The lowest BCUT2D eigenvalue weighted by Gasteiger charge is -2.32. The van der Waals surface area contributed by atoms with Crippen molar-refractivity contribution in [2.45, 2.75) is 63.6 Å². The fourth-order valence-electron chi connectivity index (χ4n) is 7.41. The number of benzene rings is 2. The minimum absolute atomic E-state index is 0.00433. The average molecular weight is 615 g/mol. The number of nitrogens with zero attached hydrogens (tertiary/aromatic N) is 1. The van der Waals surface area contributed by atoms with Gasteiger partial charge in [0.25, 0.3) is 5.91 Å². The van der Waals surface area contributed by atoms with Crippen LogP contribution in [0.15, 0.2) is 54.6 Å². The third-order valence-corrected chi connectivity index (χ3v) is 9.72. The molecule has 1 saturated carbocycles. The van der Waals surface area contributed by atoms with Gasteiger partial charge in [0.1, 0.15) is 24.1 Å². The van der Waals surface area contributed by atoms with E-state index in [-0.39, 0.29) is 60.9 Å². The predicted octanol–water partition coefficient (Wildman–Crippen LogP) is 3.99. The first-order valence-corrected chi connectivity index (χ1v) is 16.1. The molecule has 2 saturated heterocycles. The smallest absolute Gasteiger partial charge is 0.271 e. The van der Waals surface area contributed by atoms with Gasteiger partial charge in [-0.1, -0.05) is 49.2 Å². The van der Waals surface area contributed by atoms with E-state index in [4.69, 9.17) is 9.47 Å². The Bertz CT molecular complexity index is 1540. The van der Waals surface area contributed by atoms with Crippen LogP contribution in [-0.4, -0.2) is 72.3 Å². The number of H-pyrrole nitrogens is 1. The van der Waals surface area contributed by atoms with Crippen LogP contribution in [-0.2, 0) is 25.7 Å². The van der Waals surface area contributed by atoms with Crippen LogP contribution in [0.4, 0.5) is 0 Å². The molecule has 2 aromatic carbocycles. The minimum Gasteiger partial charge on any atom is -0.496 e. The number of piperidine rings is 1. The van der Waals surface area contributed by atoms with Gasteiger partial charge >= 0.3 is 0 Å². The number of nitrogens with one attached hydrogen (secondary N) is 3. The van der Waals surface area contributed by atoms with Crippen LogP contribution in [0.2, 0.25) is 0 Å². The van der Waals surface area contributed by atoms with Crippen molar-refractivity contribution < 1.29 is 28.7 Å². The standard InChI is InChI=1S/C35H42N4O6/c1-44-31-15-7-14-27-26(31)18-29(37-27)35(43)39-19-24-11-5-6-13-25(24)32(39)34(42)38-28(17-23-12-8-16-36-33(23)41)30(40)21-45-20-22-9-3-2-4-10-22/h2-4,7,9-10,14-15,18,23-25,28,32,37H,5-6,8,11-13,16-17,19-21H2,1H3,(H,36,41)(H,38,42). The molecule has 0 bridgehead atoms. The maximum Gasteiger partial charge on any atom is 0.271 e. The second-order valence-corrected chi connectivity index (χ2v) is 12.6. The maximum atomic E-state index is 14.2. The van der Waals surface area contributed by atoms with Crippen LogP contribution >= 0.6 is 0 Å². The molecule has 3 N–H and O–H groups in total. The quantitative estimate of drug-likeness (QED) is 0.300. The molecule has 0 spiro atoms. The Morgan fingerprint density at radius 1 is 1.02 bits per heavy atom. The van der Waals surface area contributed by atoms with Crippen LogP contribution in [0.25, 0.3) is 10.9 Å². The second-order valence-electron chi connectivity index (χ2n) is 12.6.